The number of pyridine rings is 1. The largest absolute Gasteiger partial charge is 0.334 e. The molecule has 1 N–H and O–H groups in total. The molecule has 0 bridgehead atoms. The molecule has 1 aromatic heterocycles. The third-order valence-corrected chi connectivity index (χ3v) is 5.11. The third kappa shape index (κ3) is 4.67. The fraction of sp³-hybridized carbons (Fsp3) is 0.667. The summed E-state index contributed by atoms with van der Waals surface area (Å²) in [5.74, 6) is 0.888. The van der Waals surface area contributed by atoms with Gasteiger partial charge in [-0.05, 0) is 42.9 Å². The topological polar surface area (TPSA) is 48.5 Å². The molecule has 1 saturated heterocycles. The highest BCUT2D eigenvalue weighted by Gasteiger charge is 2.27. The van der Waals surface area contributed by atoms with Crippen LogP contribution in [0.3, 0.4) is 0 Å². The number of likely N-dealkylation sites (tertiary alicyclic amines) is 1. The lowest BCUT2D eigenvalue weighted by Crippen LogP contribution is -2.44. The van der Waals surface area contributed by atoms with Crippen molar-refractivity contribution >= 4 is 6.03 Å². The van der Waals surface area contributed by atoms with E-state index in [9.17, 15) is 4.79 Å². The van der Waals surface area contributed by atoms with Crippen LogP contribution in [0, 0.1) is 5.92 Å². The van der Waals surface area contributed by atoms with Crippen LogP contribution in [0.25, 0.3) is 0 Å². The van der Waals surface area contributed by atoms with E-state index >= 15 is 0 Å². The first-order valence-electron chi connectivity index (χ1n) is 8.83. The molecule has 5 heteroatoms. The minimum absolute atomic E-state index is 0.0227. The summed E-state index contributed by atoms with van der Waals surface area (Å²) in [4.78, 5) is 20.6. The average Bonchev–Trinajstić information content (AvgIpc) is 3.21. The van der Waals surface area contributed by atoms with Crippen LogP contribution >= 0.6 is 0 Å². The molecular weight excluding hydrogens is 288 g/mol. The quantitative estimate of drug-likeness (QED) is 0.908. The van der Waals surface area contributed by atoms with Crippen LogP contribution in [0.15, 0.2) is 24.5 Å². The summed E-state index contributed by atoms with van der Waals surface area (Å²) in [6.07, 6.45) is 10.2. The molecule has 2 fully saturated rings. The Morgan fingerprint density at radius 3 is 2.78 bits per heavy atom. The van der Waals surface area contributed by atoms with E-state index in [-0.39, 0.29) is 6.03 Å². The second-order valence-electron chi connectivity index (χ2n) is 7.06. The zero-order valence-corrected chi connectivity index (χ0v) is 14.1. The lowest BCUT2D eigenvalue weighted by atomic mass is 10.1. The summed E-state index contributed by atoms with van der Waals surface area (Å²) in [6, 6.07) is 4.21. The zero-order valence-electron chi connectivity index (χ0n) is 14.1. The van der Waals surface area contributed by atoms with Gasteiger partial charge in [-0.3, -0.25) is 4.98 Å². The van der Waals surface area contributed by atoms with Gasteiger partial charge in [0.25, 0.3) is 0 Å². The van der Waals surface area contributed by atoms with E-state index in [0.29, 0.717) is 12.6 Å². The van der Waals surface area contributed by atoms with Crippen molar-refractivity contribution < 1.29 is 4.79 Å². The van der Waals surface area contributed by atoms with Crippen molar-refractivity contribution in [1.82, 2.24) is 20.1 Å². The number of rotatable bonds is 5. The molecule has 2 aliphatic rings. The summed E-state index contributed by atoms with van der Waals surface area (Å²) in [5, 5.41) is 3.18. The van der Waals surface area contributed by atoms with E-state index in [2.05, 4.69) is 15.2 Å². The van der Waals surface area contributed by atoms with Gasteiger partial charge in [0.1, 0.15) is 0 Å². The molecule has 2 amide bonds. The summed E-state index contributed by atoms with van der Waals surface area (Å²) in [5.41, 5.74) is 1.10. The molecule has 0 aromatic carbocycles. The molecule has 0 radical (unpaired) electrons. The van der Waals surface area contributed by atoms with Gasteiger partial charge in [0.05, 0.1) is 0 Å². The fourth-order valence-electron chi connectivity index (χ4n) is 3.79. The van der Waals surface area contributed by atoms with Crippen LogP contribution < -0.4 is 5.32 Å². The molecule has 1 aliphatic heterocycles. The summed E-state index contributed by atoms with van der Waals surface area (Å²) in [6.45, 7) is 3.97. The highest BCUT2D eigenvalue weighted by atomic mass is 16.2. The highest BCUT2D eigenvalue weighted by molar-refractivity contribution is 5.74. The number of nitrogens with one attached hydrogen (secondary N) is 1. The Labute approximate surface area is 139 Å². The van der Waals surface area contributed by atoms with Crippen LogP contribution in [0.4, 0.5) is 4.79 Å². The molecule has 1 saturated carbocycles. The van der Waals surface area contributed by atoms with Gasteiger partial charge in [-0.2, -0.15) is 0 Å². The second kappa shape index (κ2) is 7.77. The predicted molar refractivity (Wildman–Crippen MR) is 91.0 cm³/mol. The Kier molecular flexibility index (Phi) is 5.49. The Morgan fingerprint density at radius 2 is 2.04 bits per heavy atom. The Balaban J connectivity index is 1.41. The van der Waals surface area contributed by atoms with Gasteiger partial charge in [0.2, 0.25) is 0 Å². The van der Waals surface area contributed by atoms with Crippen molar-refractivity contribution in [2.24, 2.45) is 5.92 Å². The summed E-state index contributed by atoms with van der Waals surface area (Å²) >= 11 is 0. The number of hydrogen-bond donors (Lipinski definition) is 1. The minimum Gasteiger partial charge on any atom is -0.334 e. The van der Waals surface area contributed by atoms with Gasteiger partial charge in [-0.1, -0.05) is 12.8 Å². The van der Waals surface area contributed by atoms with E-state index in [1.807, 2.05) is 19.2 Å². The number of nitrogens with zero attached hydrogens (tertiary/aromatic N) is 3. The van der Waals surface area contributed by atoms with Crippen molar-refractivity contribution in [2.45, 2.75) is 44.7 Å². The highest BCUT2D eigenvalue weighted by Crippen LogP contribution is 2.26. The lowest BCUT2D eigenvalue weighted by molar-refractivity contribution is 0.201. The molecule has 1 aromatic rings. The Bertz CT molecular complexity index is 501. The molecular formula is C18H28N4O. The smallest absolute Gasteiger partial charge is 0.317 e. The van der Waals surface area contributed by atoms with Gasteiger partial charge < -0.3 is 15.1 Å². The zero-order chi connectivity index (χ0) is 16.1. The SMILES string of the molecule is CN(Cc1ccncc1)C(=O)NC1CCN(CC2CCCC2)C1. The van der Waals surface area contributed by atoms with E-state index in [4.69, 9.17) is 0 Å². The van der Waals surface area contributed by atoms with Crippen LogP contribution in [0.1, 0.15) is 37.7 Å². The van der Waals surface area contributed by atoms with Crippen molar-refractivity contribution in [3.63, 3.8) is 0 Å². The monoisotopic (exact) mass is 316 g/mol. The van der Waals surface area contributed by atoms with Crippen LogP contribution in [0.2, 0.25) is 0 Å². The van der Waals surface area contributed by atoms with Gasteiger partial charge >= 0.3 is 6.03 Å². The van der Waals surface area contributed by atoms with Gasteiger partial charge in [-0.25, -0.2) is 4.79 Å². The first-order chi connectivity index (χ1) is 11.2. The van der Waals surface area contributed by atoms with Gasteiger partial charge in [-0.15, -0.1) is 0 Å². The first kappa shape index (κ1) is 16.2. The molecule has 1 aliphatic carbocycles. The molecule has 2 heterocycles. The summed E-state index contributed by atoms with van der Waals surface area (Å²) in [7, 11) is 1.85. The molecule has 126 valence electrons. The number of amides is 2. The van der Waals surface area contributed by atoms with E-state index in [1.54, 1.807) is 17.3 Å². The van der Waals surface area contributed by atoms with Crippen molar-refractivity contribution in [1.29, 1.82) is 0 Å². The van der Waals surface area contributed by atoms with E-state index in [1.165, 1.54) is 32.2 Å². The molecule has 1 atom stereocenters. The van der Waals surface area contributed by atoms with Gasteiger partial charge in [0.15, 0.2) is 0 Å². The Morgan fingerprint density at radius 1 is 1.30 bits per heavy atom. The molecule has 23 heavy (non-hydrogen) atoms. The molecule has 1 unspecified atom stereocenters. The van der Waals surface area contributed by atoms with Crippen LogP contribution in [0.5, 0.6) is 0 Å². The number of aromatic nitrogens is 1. The maximum atomic E-state index is 12.3. The standard InChI is InChI=1S/C18H28N4O/c1-21(12-16-6-9-19-10-7-16)18(23)20-17-8-11-22(14-17)13-15-4-2-3-5-15/h6-7,9-10,15,17H,2-5,8,11-14H2,1H3,(H,20,23). The number of hydrogen-bond acceptors (Lipinski definition) is 3. The van der Waals surface area contributed by atoms with Gasteiger partial charge in [0, 0.05) is 51.7 Å². The normalized spacial score (nSPS) is 22.4. The number of urea groups is 1. The number of carbonyl (C=O) groups is 1. The van der Waals surface area contributed by atoms with Crippen molar-refractivity contribution in [3.8, 4) is 0 Å². The second-order valence-corrected chi connectivity index (χ2v) is 7.06. The van der Waals surface area contributed by atoms with Crippen molar-refractivity contribution in [3.05, 3.63) is 30.1 Å². The maximum Gasteiger partial charge on any atom is 0.317 e. The molecule has 3 rings (SSSR count). The third-order valence-electron chi connectivity index (χ3n) is 5.11. The van der Waals surface area contributed by atoms with Crippen LogP contribution in [-0.2, 0) is 6.54 Å². The first-order valence-corrected chi connectivity index (χ1v) is 8.83. The maximum absolute atomic E-state index is 12.3. The predicted octanol–water partition coefficient (Wildman–Crippen LogP) is 2.49. The average molecular weight is 316 g/mol. The Hall–Kier alpha value is -1.62. The minimum atomic E-state index is 0.0227. The molecule has 0 spiro atoms. The van der Waals surface area contributed by atoms with Crippen LogP contribution in [-0.4, -0.2) is 53.5 Å². The number of carbonyl (C=O) groups excluding carboxylic acids is 1. The van der Waals surface area contributed by atoms with E-state index < -0.39 is 0 Å². The molecule has 5 nitrogen and oxygen atoms in total. The summed E-state index contributed by atoms with van der Waals surface area (Å²) < 4.78 is 0. The lowest BCUT2D eigenvalue weighted by Gasteiger charge is -2.22. The van der Waals surface area contributed by atoms with Crippen molar-refractivity contribution in [2.75, 3.05) is 26.7 Å². The van der Waals surface area contributed by atoms with E-state index in [0.717, 1.165) is 31.0 Å². The fourth-order valence-corrected chi connectivity index (χ4v) is 3.79.